The average Bonchev–Trinajstić information content (AvgIpc) is 3.16. The lowest BCUT2D eigenvalue weighted by atomic mass is 9.96. The topological polar surface area (TPSA) is 52.0 Å². The fraction of sp³-hybridized carbons (Fsp3) is 0.750. The summed E-state index contributed by atoms with van der Waals surface area (Å²) in [7, 11) is 2.20. The molecule has 6 nitrogen and oxygen atoms in total. The second-order valence-corrected chi connectivity index (χ2v) is 8.00. The molecule has 1 unspecified atom stereocenters. The minimum Gasteiger partial charge on any atom is -0.469 e. The van der Waals surface area contributed by atoms with E-state index < -0.39 is 0 Å². The number of carbonyl (C=O) groups excluding carboxylic acids is 1. The molecule has 2 fully saturated rings. The number of aryl methyl sites for hydroxylation is 1. The number of nitrogens with one attached hydrogen (secondary N) is 1. The number of piperidine rings is 1. The zero-order chi connectivity index (χ0) is 18.4. The summed E-state index contributed by atoms with van der Waals surface area (Å²) in [5.74, 6) is 1.72. The van der Waals surface area contributed by atoms with Gasteiger partial charge in [-0.2, -0.15) is 0 Å². The molecule has 0 spiro atoms. The van der Waals surface area contributed by atoms with E-state index in [1.54, 1.807) is 6.26 Å². The van der Waals surface area contributed by atoms with E-state index in [4.69, 9.17) is 4.42 Å². The summed E-state index contributed by atoms with van der Waals surface area (Å²) in [4.78, 5) is 19.5. The van der Waals surface area contributed by atoms with Crippen molar-refractivity contribution in [3.05, 3.63) is 24.2 Å². The molecule has 2 aliphatic rings. The summed E-state index contributed by atoms with van der Waals surface area (Å²) >= 11 is 0. The molecule has 1 N–H and O–H groups in total. The van der Waals surface area contributed by atoms with Crippen molar-refractivity contribution >= 4 is 6.03 Å². The van der Waals surface area contributed by atoms with Gasteiger partial charge in [0.2, 0.25) is 0 Å². The van der Waals surface area contributed by atoms with Crippen LogP contribution in [-0.2, 0) is 6.42 Å². The Kier molecular flexibility index (Phi) is 6.97. The third-order valence-corrected chi connectivity index (χ3v) is 5.79. The van der Waals surface area contributed by atoms with Crippen LogP contribution in [0.2, 0.25) is 0 Å². The summed E-state index contributed by atoms with van der Waals surface area (Å²) in [5.41, 5.74) is 0. The fourth-order valence-corrected chi connectivity index (χ4v) is 3.90. The van der Waals surface area contributed by atoms with Gasteiger partial charge in [0.1, 0.15) is 5.76 Å². The lowest BCUT2D eigenvalue weighted by Gasteiger charge is -2.38. The number of furan rings is 1. The maximum Gasteiger partial charge on any atom is 0.317 e. The van der Waals surface area contributed by atoms with Crippen LogP contribution in [0.15, 0.2) is 22.8 Å². The largest absolute Gasteiger partial charge is 0.469 e. The summed E-state index contributed by atoms with van der Waals surface area (Å²) in [5, 5.41) is 3.14. The van der Waals surface area contributed by atoms with E-state index in [0.29, 0.717) is 0 Å². The average molecular weight is 363 g/mol. The van der Waals surface area contributed by atoms with E-state index in [2.05, 4.69) is 29.1 Å². The minimum atomic E-state index is 0.0926. The lowest BCUT2D eigenvalue weighted by molar-refractivity contribution is 0.110. The Morgan fingerprint density at radius 2 is 1.96 bits per heavy atom. The van der Waals surface area contributed by atoms with Crippen molar-refractivity contribution in [3.8, 4) is 0 Å². The Morgan fingerprint density at radius 1 is 1.23 bits per heavy atom. The number of likely N-dealkylation sites (N-methyl/N-ethyl adjacent to an activating group) is 1. The molecular formula is C20H34N4O2. The molecule has 6 heteroatoms. The highest BCUT2D eigenvalue weighted by atomic mass is 16.3. The Bertz CT molecular complexity index is 532. The number of urea groups is 1. The molecule has 2 aliphatic heterocycles. The predicted molar refractivity (Wildman–Crippen MR) is 103 cm³/mol. The SMILES string of the molecule is CC(CCc1ccco1)NC(=O)N1CCC(CN2CCN(C)CC2)CC1. The van der Waals surface area contributed by atoms with Gasteiger partial charge < -0.3 is 24.4 Å². The first-order valence-electron chi connectivity index (χ1n) is 10.1. The number of hydrogen-bond acceptors (Lipinski definition) is 4. The first kappa shape index (κ1) is 19.2. The first-order valence-corrected chi connectivity index (χ1v) is 10.1. The second-order valence-electron chi connectivity index (χ2n) is 8.00. The van der Waals surface area contributed by atoms with Crippen LogP contribution >= 0.6 is 0 Å². The summed E-state index contributed by atoms with van der Waals surface area (Å²) < 4.78 is 5.36. The van der Waals surface area contributed by atoms with Crippen molar-refractivity contribution in [2.75, 3.05) is 52.9 Å². The van der Waals surface area contributed by atoms with Crippen LogP contribution in [0.3, 0.4) is 0 Å². The van der Waals surface area contributed by atoms with Crippen molar-refractivity contribution in [3.63, 3.8) is 0 Å². The number of amides is 2. The molecule has 3 rings (SSSR count). The maximum absolute atomic E-state index is 12.5. The highest BCUT2D eigenvalue weighted by Gasteiger charge is 2.25. The molecule has 3 heterocycles. The van der Waals surface area contributed by atoms with Gasteiger partial charge in [-0.3, -0.25) is 0 Å². The molecule has 2 saturated heterocycles. The van der Waals surface area contributed by atoms with Crippen LogP contribution in [0.25, 0.3) is 0 Å². The zero-order valence-electron chi connectivity index (χ0n) is 16.3. The normalized spacial score (nSPS) is 21.7. The first-order chi connectivity index (χ1) is 12.6. The van der Waals surface area contributed by atoms with Crippen LogP contribution in [0.5, 0.6) is 0 Å². The van der Waals surface area contributed by atoms with Gasteiger partial charge >= 0.3 is 6.03 Å². The Morgan fingerprint density at radius 3 is 2.62 bits per heavy atom. The quantitative estimate of drug-likeness (QED) is 0.843. The molecule has 1 atom stereocenters. The third-order valence-electron chi connectivity index (χ3n) is 5.79. The standard InChI is InChI=1S/C20H34N4O2/c1-17(5-6-19-4-3-15-26-19)21-20(25)24-9-7-18(8-10-24)16-23-13-11-22(2)12-14-23/h3-4,15,17-18H,5-14,16H2,1-2H3,(H,21,25). The van der Waals surface area contributed by atoms with Crippen molar-refractivity contribution < 1.29 is 9.21 Å². The van der Waals surface area contributed by atoms with Crippen LogP contribution in [0, 0.1) is 5.92 Å². The Hall–Kier alpha value is -1.53. The molecule has 0 radical (unpaired) electrons. The number of likely N-dealkylation sites (tertiary alicyclic amines) is 1. The van der Waals surface area contributed by atoms with Crippen LogP contribution < -0.4 is 5.32 Å². The lowest BCUT2D eigenvalue weighted by Crippen LogP contribution is -2.50. The summed E-state index contributed by atoms with van der Waals surface area (Å²) in [6.45, 7) is 9.76. The molecule has 146 valence electrons. The number of carbonyl (C=O) groups is 1. The van der Waals surface area contributed by atoms with E-state index in [0.717, 1.165) is 50.5 Å². The number of rotatable bonds is 6. The van der Waals surface area contributed by atoms with E-state index >= 15 is 0 Å². The van der Waals surface area contributed by atoms with Crippen molar-refractivity contribution in [2.24, 2.45) is 5.92 Å². The summed E-state index contributed by atoms with van der Waals surface area (Å²) in [6, 6.07) is 4.15. The van der Waals surface area contributed by atoms with Gasteiger partial charge in [0.25, 0.3) is 0 Å². The third kappa shape index (κ3) is 5.74. The highest BCUT2D eigenvalue weighted by molar-refractivity contribution is 5.74. The highest BCUT2D eigenvalue weighted by Crippen LogP contribution is 2.19. The van der Waals surface area contributed by atoms with Gasteiger partial charge in [0.05, 0.1) is 6.26 Å². The van der Waals surface area contributed by atoms with Gasteiger partial charge in [-0.25, -0.2) is 4.79 Å². The van der Waals surface area contributed by atoms with Crippen molar-refractivity contribution in [1.82, 2.24) is 20.0 Å². The molecule has 1 aromatic rings. The maximum atomic E-state index is 12.5. The van der Waals surface area contributed by atoms with Crippen molar-refractivity contribution in [2.45, 2.75) is 38.6 Å². The fourth-order valence-electron chi connectivity index (χ4n) is 3.90. The van der Waals surface area contributed by atoms with E-state index in [9.17, 15) is 4.79 Å². The van der Waals surface area contributed by atoms with E-state index in [-0.39, 0.29) is 12.1 Å². The number of piperazine rings is 1. The molecule has 0 aliphatic carbocycles. The molecule has 2 amide bonds. The molecule has 26 heavy (non-hydrogen) atoms. The molecule has 0 aromatic carbocycles. The minimum absolute atomic E-state index is 0.0926. The molecule has 0 saturated carbocycles. The predicted octanol–water partition coefficient (Wildman–Crippen LogP) is 2.27. The van der Waals surface area contributed by atoms with Crippen LogP contribution in [0.4, 0.5) is 4.79 Å². The van der Waals surface area contributed by atoms with Crippen molar-refractivity contribution in [1.29, 1.82) is 0 Å². The molecule has 1 aromatic heterocycles. The number of nitrogens with zero attached hydrogens (tertiary/aromatic N) is 3. The second kappa shape index (κ2) is 9.42. The molecule has 0 bridgehead atoms. The smallest absolute Gasteiger partial charge is 0.317 e. The van der Waals surface area contributed by atoms with Gasteiger partial charge in [-0.05, 0) is 51.3 Å². The van der Waals surface area contributed by atoms with Gasteiger partial charge in [0, 0.05) is 58.3 Å². The van der Waals surface area contributed by atoms with E-state index in [1.165, 1.54) is 32.7 Å². The summed E-state index contributed by atoms with van der Waals surface area (Å²) in [6.07, 6.45) is 5.71. The zero-order valence-corrected chi connectivity index (χ0v) is 16.3. The van der Waals surface area contributed by atoms with Crippen LogP contribution in [0.1, 0.15) is 31.9 Å². The Balaban J connectivity index is 1.32. The van der Waals surface area contributed by atoms with Crippen LogP contribution in [-0.4, -0.2) is 79.6 Å². The van der Waals surface area contributed by atoms with Gasteiger partial charge in [-0.15, -0.1) is 0 Å². The van der Waals surface area contributed by atoms with Gasteiger partial charge in [0.15, 0.2) is 0 Å². The van der Waals surface area contributed by atoms with Gasteiger partial charge in [-0.1, -0.05) is 0 Å². The number of hydrogen-bond donors (Lipinski definition) is 1. The van der Waals surface area contributed by atoms with E-state index in [1.807, 2.05) is 17.0 Å². The monoisotopic (exact) mass is 362 g/mol. The Labute approximate surface area is 157 Å². The molecular weight excluding hydrogens is 328 g/mol.